The summed E-state index contributed by atoms with van der Waals surface area (Å²) in [4.78, 5) is 12.9. The van der Waals surface area contributed by atoms with Gasteiger partial charge in [0.25, 0.3) is 5.91 Å². The molecular weight excluding hydrogens is 350 g/mol. The molecule has 0 saturated carbocycles. The summed E-state index contributed by atoms with van der Waals surface area (Å²) in [6.07, 6.45) is 0. The highest BCUT2D eigenvalue weighted by molar-refractivity contribution is 7.20. The van der Waals surface area contributed by atoms with Crippen LogP contribution in [0.2, 0.25) is 0 Å². The van der Waals surface area contributed by atoms with Crippen molar-refractivity contribution >= 4 is 27.3 Å². The van der Waals surface area contributed by atoms with Crippen LogP contribution in [0.3, 0.4) is 0 Å². The van der Waals surface area contributed by atoms with Crippen LogP contribution in [0.15, 0.2) is 54.6 Å². The first kappa shape index (κ1) is 16.2. The molecule has 1 amide bonds. The Kier molecular flexibility index (Phi) is 4.32. The fraction of sp³-hybridized carbons (Fsp3) is 0.111. The fourth-order valence-electron chi connectivity index (χ4n) is 2.47. The summed E-state index contributed by atoms with van der Waals surface area (Å²) in [5.74, 6) is 1.20. The zero-order chi connectivity index (χ0) is 17.9. The molecule has 0 radical (unpaired) electrons. The van der Waals surface area contributed by atoms with Crippen molar-refractivity contribution in [3.8, 4) is 17.1 Å². The van der Waals surface area contributed by atoms with E-state index in [0.717, 1.165) is 11.3 Å². The molecule has 2 aromatic heterocycles. The van der Waals surface area contributed by atoms with Gasteiger partial charge in [0.15, 0.2) is 5.82 Å². The number of rotatable bonds is 5. The van der Waals surface area contributed by atoms with E-state index >= 15 is 0 Å². The zero-order valence-corrected chi connectivity index (χ0v) is 14.7. The molecule has 2 aromatic carbocycles. The Hall–Kier alpha value is -3.26. The fourth-order valence-corrected chi connectivity index (χ4v) is 3.21. The maximum absolute atomic E-state index is 12.3. The van der Waals surface area contributed by atoms with E-state index in [9.17, 15) is 4.79 Å². The van der Waals surface area contributed by atoms with Gasteiger partial charge in [0.1, 0.15) is 5.75 Å². The second-order valence-electron chi connectivity index (χ2n) is 5.40. The van der Waals surface area contributed by atoms with Gasteiger partial charge < -0.3 is 4.74 Å². The molecule has 0 aliphatic rings. The highest BCUT2D eigenvalue weighted by Gasteiger charge is 2.15. The predicted molar refractivity (Wildman–Crippen MR) is 99.7 cm³/mol. The number of ether oxygens (including phenoxy) is 1. The molecule has 2 heterocycles. The molecule has 0 saturated heterocycles. The summed E-state index contributed by atoms with van der Waals surface area (Å²) >= 11 is 1.27. The minimum atomic E-state index is -0.210. The Morgan fingerprint density at radius 1 is 1.12 bits per heavy atom. The van der Waals surface area contributed by atoms with E-state index in [1.165, 1.54) is 11.3 Å². The van der Waals surface area contributed by atoms with Gasteiger partial charge in [-0.3, -0.25) is 10.1 Å². The molecular formula is C18H15N5O2S. The largest absolute Gasteiger partial charge is 0.494 e. The van der Waals surface area contributed by atoms with E-state index in [2.05, 4.69) is 20.6 Å². The maximum atomic E-state index is 12.3. The summed E-state index contributed by atoms with van der Waals surface area (Å²) in [5, 5.41) is 16.0. The lowest BCUT2D eigenvalue weighted by atomic mass is 10.2. The molecule has 4 rings (SSSR count). The smallest absolute Gasteiger partial charge is 0.257 e. The van der Waals surface area contributed by atoms with Crippen LogP contribution >= 0.6 is 11.3 Å². The first-order valence-electron chi connectivity index (χ1n) is 8.06. The third kappa shape index (κ3) is 3.14. The molecule has 0 bridgehead atoms. The molecule has 130 valence electrons. The topological polar surface area (TPSA) is 81.4 Å². The number of carbonyl (C=O) groups is 1. The monoisotopic (exact) mass is 365 g/mol. The van der Waals surface area contributed by atoms with Gasteiger partial charge in [0.05, 0.1) is 6.61 Å². The molecule has 26 heavy (non-hydrogen) atoms. The summed E-state index contributed by atoms with van der Waals surface area (Å²) < 4.78 is 7.08. The van der Waals surface area contributed by atoms with Gasteiger partial charge in [-0.05, 0) is 43.3 Å². The van der Waals surface area contributed by atoms with Crippen molar-refractivity contribution in [2.45, 2.75) is 6.92 Å². The number of benzene rings is 2. The molecule has 0 atom stereocenters. The molecule has 8 heteroatoms. The van der Waals surface area contributed by atoms with Crippen molar-refractivity contribution in [3.63, 3.8) is 0 Å². The van der Waals surface area contributed by atoms with Gasteiger partial charge >= 0.3 is 0 Å². The number of fused-ring (bicyclic) bond motifs is 1. The highest BCUT2D eigenvalue weighted by Crippen LogP contribution is 2.25. The number of hydrogen-bond donors (Lipinski definition) is 1. The molecule has 0 aliphatic carbocycles. The minimum Gasteiger partial charge on any atom is -0.494 e. The molecule has 1 N–H and O–H groups in total. The van der Waals surface area contributed by atoms with Crippen LogP contribution in [-0.4, -0.2) is 32.3 Å². The molecule has 0 unspecified atom stereocenters. The van der Waals surface area contributed by atoms with Crippen molar-refractivity contribution in [3.05, 3.63) is 60.2 Å². The number of aromatic nitrogens is 4. The lowest BCUT2D eigenvalue weighted by molar-refractivity contribution is 0.102. The Labute approximate surface area is 153 Å². The first-order valence-corrected chi connectivity index (χ1v) is 8.88. The number of nitrogens with zero attached hydrogens (tertiary/aromatic N) is 4. The van der Waals surface area contributed by atoms with E-state index in [-0.39, 0.29) is 5.91 Å². The number of hydrogen-bond acceptors (Lipinski definition) is 6. The molecule has 0 spiro atoms. The van der Waals surface area contributed by atoms with Gasteiger partial charge in [0.2, 0.25) is 10.1 Å². The van der Waals surface area contributed by atoms with Gasteiger partial charge in [-0.15, -0.1) is 15.3 Å². The standard InChI is InChI=1S/C18H15N5O2S/c1-2-25-14-10-8-12(9-11-14)15-20-21-18-23(15)22-17(26-18)19-16(24)13-6-4-3-5-7-13/h3-11H,2H2,1H3,(H,19,22,24). The lowest BCUT2D eigenvalue weighted by Gasteiger charge is -2.03. The first-order chi connectivity index (χ1) is 12.7. The molecule has 7 nitrogen and oxygen atoms in total. The van der Waals surface area contributed by atoms with Crippen molar-refractivity contribution < 1.29 is 9.53 Å². The molecule has 0 fully saturated rings. The second-order valence-corrected chi connectivity index (χ2v) is 6.36. The third-order valence-corrected chi connectivity index (χ3v) is 4.49. The minimum absolute atomic E-state index is 0.210. The maximum Gasteiger partial charge on any atom is 0.257 e. The average molecular weight is 365 g/mol. The number of nitrogens with one attached hydrogen (secondary N) is 1. The zero-order valence-electron chi connectivity index (χ0n) is 13.9. The number of anilines is 1. The van der Waals surface area contributed by atoms with E-state index in [4.69, 9.17) is 4.74 Å². The summed E-state index contributed by atoms with van der Waals surface area (Å²) in [6, 6.07) is 16.6. The second kappa shape index (κ2) is 6.93. The van der Waals surface area contributed by atoms with Crippen LogP contribution in [0.4, 0.5) is 5.13 Å². The van der Waals surface area contributed by atoms with Gasteiger partial charge in [-0.25, -0.2) is 0 Å². The third-order valence-electron chi connectivity index (χ3n) is 3.67. The average Bonchev–Trinajstić information content (AvgIpc) is 3.23. The Balaban J connectivity index is 1.60. The van der Waals surface area contributed by atoms with Gasteiger partial charge in [0, 0.05) is 11.1 Å². The van der Waals surface area contributed by atoms with Crippen molar-refractivity contribution in [2.75, 3.05) is 11.9 Å². The van der Waals surface area contributed by atoms with Crippen molar-refractivity contribution in [1.82, 2.24) is 19.8 Å². The Morgan fingerprint density at radius 3 is 2.62 bits per heavy atom. The quantitative estimate of drug-likeness (QED) is 0.585. The summed E-state index contributed by atoms with van der Waals surface area (Å²) in [6.45, 7) is 2.56. The van der Waals surface area contributed by atoms with Gasteiger partial charge in [-0.2, -0.15) is 4.52 Å². The molecule has 0 aliphatic heterocycles. The van der Waals surface area contributed by atoms with Crippen molar-refractivity contribution in [1.29, 1.82) is 0 Å². The number of carbonyl (C=O) groups excluding carboxylic acids is 1. The Bertz CT molecular complexity index is 1040. The number of amides is 1. The van der Waals surface area contributed by atoms with Crippen LogP contribution in [0.25, 0.3) is 16.3 Å². The van der Waals surface area contributed by atoms with Crippen LogP contribution in [0, 0.1) is 0 Å². The van der Waals surface area contributed by atoms with Crippen molar-refractivity contribution in [2.24, 2.45) is 0 Å². The van der Waals surface area contributed by atoms with E-state index < -0.39 is 0 Å². The normalized spacial score (nSPS) is 10.8. The van der Waals surface area contributed by atoms with E-state index in [1.54, 1.807) is 16.6 Å². The van der Waals surface area contributed by atoms with Gasteiger partial charge in [-0.1, -0.05) is 29.5 Å². The van der Waals surface area contributed by atoms with Crippen LogP contribution in [0.5, 0.6) is 5.75 Å². The van der Waals surface area contributed by atoms with Crippen LogP contribution in [0.1, 0.15) is 17.3 Å². The Morgan fingerprint density at radius 2 is 1.88 bits per heavy atom. The summed E-state index contributed by atoms with van der Waals surface area (Å²) in [7, 11) is 0. The summed E-state index contributed by atoms with van der Waals surface area (Å²) in [5.41, 5.74) is 1.44. The lowest BCUT2D eigenvalue weighted by Crippen LogP contribution is -2.11. The van der Waals surface area contributed by atoms with Crippen LogP contribution < -0.4 is 10.1 Å². The molecule has 4 aromatic rings. The van der Waals surface area contributed by atoms with Crippen LogP contribution in [-0.2, 0) is 0 Å². The predicted octanol–water partition coefficient (Wildman–Crippen LogP) is 3.50. The van der Waals surface area contributed by atoms with E-state index in [1.807, 2.05) is 49.4 Å². The SMILES string of the molecule is CCOc1ccc(-c2nnc3sc(NC(=O)c4ccccc4)nn23)cc1. The van der Waals surface area contributed by atoms with E-state index in [0.29, 0.717) is 28.1 Å². The highest BCUT2D eigenvalue weighted by atomic mass is 32.1.